The van der Waals surface area contributed by atoms with E-state index in [1.54, 1.807) is 6.21 Å². The molecule has 0 aliphatic carbocycles. The van der Waals surface area contributed by atoms with Crippen LogP contribution in [0.25, 0.3) is 27.8 Å². The van der Waals surface area contributed by atoms with E-state index in [-0.39, 0.29) is 11.7 Å². The van der Waals surface area contributed by atoms with E-state index in [0.717, 1.165) is 33.3 Å². The third kappa shape index (κ3) is 5.70. The third-order valence-electron chi connectivity index (χ3n) is 5.62. The van der Waals surface area contributed by atoms with Crippen molar-refractivity contribution in [1.82, 2.24) is 20.2 Å². The van der Waals surface area contributed by atoms with Gasteiger partial charge in [0, 0.05) is 16.8 Å². The summed E-state index contributed by atoms with van der Waals surface area (Å²) in [7, 11) is 0. The zero-order valence-corrected chi connectivity index (χ0v) is 21.1. The summed E-state index contributed by atoms with van der Waals surface area (Å²) in [5, 5.41) is 15.8. The second-order valence-corrected chi connectivity index (χ2v) is 9.03. The van der Waals surface area contributed by atoms with Crippen molar-refractivity contribution >= 4 is 34.7 Å². The highest BCUT2D eigenvalue weighted by Gasteiger charge is 2.17. The van der Waals surface area contributed by atoms with Gasteiger partial charge in [-0.25, -0.2) is 5.43 Å². The van der Waals surface area contributed by atoms with Crippen LogP contribution < -0.4 is 10.2 Å². The van der Waals surface area contributed by atoms with Gasteiger partial charge >= 0.3 is 0 Å². The highest BCUT2D eigenvalue weighted by molar-refractivity contribution is 7.99. The Hall–Kier alpha value is -4.43. The Morgan fingerprint density at radius 1 is 0.946 bits per heavy atom. The number of rotatable bonds is 9. The van der Waals surface area contributed by atoms with Crippen molar-refractivity contribution in [2.24, 2.45) is 5.10 Å². The number of amides is 1. The summed E-state index contributed by atoms with van der Waals surface area (Å²) in [4.78, 5) is 12.6. The maximum atomic E-state index is 12.6. The summed E-state index contributed by atoms with van der Waals surface area (Å²) in [6.07, 6.45) is 1.67. The number of nitrogens with zero attached hydrogens (tertiary/aromatic N) is 4. The lowest BCUT2D eigenvalue weighted by Gasteiger charge is -2.11. The molecule has 4 aromatic carbocycles. The minimum absolute atomic E-state index is 0.136. The second kappa shape index (κ2) is 11.5. The van der Waals surface area contributed by atoms with E-state index < -0.39 is 0 Å². The van der Waals surface area contributed by atoms with Gasteiger partial charge in [-0.05, 0) is 42.0 Å². The predicted molar refractivity (Wildman–Crippen MR) is 148 cm³/mol. The molecule has 1 amide bonds. The number of hydrogen-bond donors (Lipinski definition) is 1. The Kier molecular flexibility index (Phi) is 7.57. The van der Waals surface area contributed by atoms with Crippen molar-refractivity contribution in [2.75, 3.05) is 12.4 Å². The van der Waals surface area contributed by atoms with Crippen LogP contribution in [0.4, 0.5) is 0 Å². The summed E-state index contributed by atoms with van der Waals surface area (Å²) in [6.45, 7) is 2.55. The first-order chi connectivity index (χ1) is 18.2. The Bertz CT molecular complexity index is 1530. The Labute approximate surface area is 219 Å². The highest BCUT2D eigenvalue weighted by Crippen LogP contribution is 2.29. The molecule has 0 atom stereocenters. The predicted octanol–water partition coefficient (Wildman–Crippen LogP) is 5.73. The molecular formula is C29H25N5O2S. The quantitative estimate of drug-likeness (QED) is 0.157. The number of thioether (sulfide) groups is 1. The van der Waals surface area contributed by atoms with E-state index in [1.165, 1.54) is 11.8 Å². The van der Waals surface area contributed by atoms with E-state index in [0.29, 0.717) is 17.6 Å². The lowest BCUT2D eigenvalue weighted by Crippen LogP contribution is -2.20. The molecule has 5 rings (SSSR count). The molecule has 0 fully saturated rings. The van der Waals surface area contributed by atoms with Gasteiger partial charge in [-0.2, -0.15) is 5.10 Å². The summed E-state index contributed by atoms with van der Waals surface area (Å²) in [5.74, 6) is 1.39. The van der Waals surface area contributed by atoms with Gasteiger partial charge in [-0.1, -0.05) is 84.6 Å². The molecule has 1 N–H and O–H groups in total. The van der Waals surface area contributed by atoms with Gasteiger partial charge in [-0.3, -0.25) is 9.36 Å². The molecule has 0 saturated heterocycles. The average Bonchev–Trinajstić information content (AvgIpc) is 3.37. The summed E-state index contributed by atoms with van der Waals surface area (Å²) < 4.78 is 7.53. The normalized spacial score (nSPS) is 11.2. The molecule has 1 heterocycles. The molecule has 0 unspecified atom stereocenters. The standard InChI is InChI=1S/C29H25N5O2S/c1-2-36-25-17-15-24(16-18-25)34-28(22-10-4-3-5-11-22)32-33-29(34)37-20-27(35)31-30-19-23-13-8-12-21-9-6-7-14-26(21)23/h3-19H,2,20H2,1H3,(H,31,35). The number of ether oxygens (including phenoxy) is 1. The first kappa shape index (κ1) is 24.3. The summed E-state index contributed by atoms with van der Waals surface area (Å²) in [5.41, 5.74) is 5.37. The first-order valence-electron chi connectivity index (χ1n) is 11.9. The average molecular weight is 508 g/mol. The monoisotopic (exact) mass is 507 g/mol. The van der Waals surface area contributed by atoms with Crippen LogP contribution in [0, 0.1) is 0 Å². The molecule has 0 aliphatic heterocycles. The molecule has 0 saturated carbocycles. The maximum absolute atomic E-state index is 12.6. The van der Waals surface area contributed by atoms with Crippen LogP contribution >= 0.6 is 11.8 Å². The molecule has 8 heteroatoms. The van der Waals surface area contributed by atoms with Crippen LogP contribution in [0.1, 0.15) is 12.5 Å². The van der Waals surface area contributed by atoms with Gasteiger partial charge < -0.3 is 4.74 Å². The molecule has 5 aromatic rings. The smallest absolute Gasteiger partial charge is 0.250 e. The fourth-order valence-electron chi connectivity index (χ4n) is 3.93. The number of fused-ring (bicyclic) bond motifs is 1. The van der Waals surface area contributed by atoms with Crippen LogP contribution in [0.2, 0.25) is 0 Å². The number of carbonyl (C=O) groups is 1. The largest absolute Gasteiger partial charge is 0.494 e. The first-order valence-corrected chi connectivity index (χ1v) is 12.9. The molecule has 1 aromatic heterocycles. The van der Waals surface area contributed by atoms with Crippen LogP contribution in [-0.2, 0) is 4.79 Å². The van der Waals surface area contributed by atoms with Crippen molar-refractivity contribution in [2.45, 2.75) is 12.1 Å². The van der Waals surface area contributed by atoms with E-state index >= 15 is 0 Å². The number of benzene rings is 4. The molecule has 37 heavy (non-hydrogen) atoms. The van der Waals surface area contributed by atoms with Crippen LogP contribution in [0.15, 0.2) is 107 Å². The van der Waals surface area contributed by atoms with Crippen molar-refractivity contribution in [1.29, 1.82) is 0 Å². The van der Waals surface area contributed by atoms with E-state index in [1.807, 2.05) is 109 Å². The fourth-order valence-corrected chi connectivity index (χ4v) is 4.67. The van der Waals surface area contributed by atoms with E-state index in [9.17, 15) is 4.79 Å². The fraction of sp³-hybridized carbons (Fsp3) is 0.103. The van der Waals surface area contributed by atoms with Crippen LogP contribution in [0.5, 0.6) is 5.75 Å². The number of aromatic nitrogens is 3. The third-order valence-corrected chi connectivity index (χ3v) is 6.55. The number of hydrazone groups is 1. The van der Waals surface area contributed by atoms with Crippen molar-refractivity contribution in [3.8, 4) is 22.8 Å². The summed E-state index contributed by atoms with van der Waals surface area (Å²) >= 11 is 1.30. The molecule has 0 spiro atoms. The molecule has 0 bridgehead atoms. The van der Waals surface area contributed by atoms with E-state index in [4.69, 9.17) is 4.74 Å². The van der Waals surface area contributed by atoms with Crippen LogP contribution in [0.3, 0.4) is 0 Å². The second-order valence-electron chi connectivity index (χ2n) is 8.08. The lowest BCUT2D eigenvalue weighted by molar-refractivity contribution is -0.118. The maximum Gasteiger partial charge on any atom is 0.250 e. The topological polar surface area (TPSA) is 81.4 Å². The minimum Gasteiger partial charge on any atom is -0.494 e. The van der Waals surface area contributed by atoms with Gasteiger partial charge in [0.1, 0.15) is 5.75 Å². The molecule has 184 valence electrons. The Morgan fingerprint density at radius 2 is 1.70 bits per heavy atom. The summed E-state index contributed by atoms with van der Waals surface area (Å²) in [6, 6.07) is 31.6. The minimum atomic E-state index is -0.232. The van der Waals surface area contributed by atoms with Crippen molar-refractivity contribution in [3.05, 3.63) is 103 Å². The van der Waals surface area contributed by atoms with E-state index in [2.05, 4.69) is 20.7 Å². The Morgan fingerprint density at radius 3 is 2.51 bits per heavy atom. The number of nitrogens with one attached hydrogen (secondary N) is 1. The number of hydrogen-bond acceptors (Lipinski definition) is 6. The molecule has 7 nitrogen and oxygen atoms in total. The zero-order valence-electron chi connectivity index (χ0n) is 20.2. The van der Waals surface area contributed by atoms with Crippen molar-refractivity contribution in [3.63, 3.8) is 0 Å². The van der Waals surface area contributed by atoms with Gasteiger partial charge in [0.25, 0.3) is 5.91 Å². The molecular weight excluding hydrogens is 482 g/mol. The van der Waals surface area contributed by atoms with Crippen LogP contribution in [-0.4, -0.2) is 39.2 Å². The molecule has 0 aliphatic rings. The number of carbonyl (C=O) groups excluding carboxylic acids is 1. The Balaban J connectivity index is 1.32. The van der Waals surface area contributed by atoms with Gasteiger partial charge in [0.05, 0.1) is 18.6 Å². The zero-order chi connectivity index (χ0) is 25.5. The van der Waals surface area contributed by atoms with Crippen molar-refractivity contribution < 1.29 is 9.53 Å². The SMILES string of the molecule is CCOc1ccc(-n2c(SCC(=O)NN=Cc3cccc4ccccc34)nnc2-c2ccccc2)cc1. The lowest BCUT2D eigenvalue weighted by atomic mass is 10.1. The molecule has 0 radical (unpaired) electrons. The van der Waals surface area contributed by atoms with Gasteiger partial charge in [0.15, 0.2) is 11.0 Å². The highest BCUT2D eigenvalue weighted by atomic mass is 32.2. The van der Waals surface area contributed by atoms with Gasteiger partial charge in [0.2, 0.25) is 0 Å². The van der Waals surface area contributed by atoms with Gasteiger partial charge in [-0.15, -0.1) is 10.2 Å².